The molecule has 1 aromatic rings. The number of rotatable bonds is 9. The fourth-order valence-electron chi connectivity index (χ4n) is 2.84. The largest absolute Gasteiger partial charge is 0.396 e. The van der Waals surface area contributed by atoms with Crippen LogP contribution in [-0.2, 0) is 6.54 Å². The Morgan fingerprint density at radius 1 is 1.26 bits per heavy atom. The highest BCUT2D eigenvalue weighted by molar-refractivity contribution is 5.33. The van der Waals surface area contributed by atoms with Gasteiger partial charge in [0.2, 0.25) is 0 Å². The van der Waals surface area contributed by atoms with Gasteiger partial charge in [0.25, 0.3) is 0 Å². The molecule has 0 aliphatic heterocycles. The van der Waals surface area contributed by atoms with E-state index in [4.69, 9.17) is 5.11 Å². The fraction of sp³-hybridized carbons (Fsp3) is 0.647. The Bertz CT molecular complexity index is 367. The Morgan fingerprint density at radius 3 is 2.74 bits per heavy atom. The number of hydrogen-bond donors (Lipinski definition) is 2. The van der Waals surface area contributed by atoms with Crippen LogP contribution in [0.4, 0.5) is 0 Å². The zero-order valence-electron chi connectivity index (χ0n) is 12.1. The molecule has 2 N–H and O–H groups in total. The zero-order valence-corrected chi connectivity index (χ0v) is 12.1. The number of hydrogen-bond acceptors (Lipinski definition) is 2. The highest BCUT2D eigenvalue weighted by atomic mass is 16.3. The van der Waals surface area contributed by atoms with Crippen molar-refractivity contribution in [3.05, 3.63) is 35.4 Å². The lowest BCUT2D eigenvalue weighted by molar-refractivity contribution is 0.248. The number of nitrogens with one attached hydrogen (secondary N) is 1. The first-order valence-corrected chi connectivity index (χ1v) is 7.74. The maximum atomic E-state index is 9.08. The molecule has 1 fully saturated rings. The molecule has 1 atom stereocenters. The van der Waals surface area contributed by atoms with Crippen molar-refractivity contribution in [2.24, 2.45) is 5.92 Å². The van der Waals surface area contributed by atoms with E-state index in [-0.39, 0.29) is 0 Å². The summed E-state index contributed by atoms with van der Waals surface area (Å²) in [5.74, 6) is 1.44. The summed E-state index contributed by atoms with van der Waals surface area (Å²) >= 11 is 0. The summed E-state index contributed by atoms with van der Waals surface area (Å²) in [5, 5.41) is 12.7. The third-order valence-electron chi connectivity index (χ3n) is 4.06. The quantitative estimate of drug-likeness (QED) is 0.713. The minimum atomic E-state index is 0.311. The van der Waals surface area contributed by atoms with E-state index in [9.17, 15) is 0 Å². The second-order valence-corrected chi connectivity index (χ2v) is 5.77. The Balaban J connectivity index is 1.81. The molecule has 0 bridgehead atoms. The van der Waals surface area contributed by atoms with Gasteiger partial charge in [0.1, 0.15) is 0 Å². The predicted octanol–water partition coefficient (Wildman–Crippen LogP) is 3.45. The van der Waals surface area contributed by atoms with Gasteiger partial charge in [0.05, 0.1) is 0 Å². The second-order valence-electron chi connectivity index (χ2n) is 5.77. The van der Waals surface area contributed by atoms with Crippen LogP contribution in [0.3, 0.4) is 0 Å². The van der Waals surface area contributed by atoms with Crippen LogP contribution in [-0.4, -0.2) is 18.3 Å². The molecule has 0 radical (unpaired) electrons. The molecule has 2 rings (SSSR count). The Labute approximate surface area is 117 Å². The monoisotopic (exact) mass is 261 g/mol. The molecule has 1 aliphatic rings. The standard InChI is InChI=1S/C17H27NO/c1-2-5-14(10-11-19)12-18-13-16-6-3-4-7-17(16)15-8-9-15/h3-4,6-7,14-15,18-19H,2,5,8-13H2,1H3. The molecular formula is C17H27NO. The van der Waals surface area contributed by atoms with Gasteiger partial charge < -0.3 is 10.4 Å². The maximum absolute atomic E-state index is 9.08. The van der Waals surface area contributed by atoms with Crippen LogP contribution in [0.15, 0.2) is 24.3 Å². The Hall–Kier alpha value is -0.860. The van der Waals surface area contributed by atoms with Crippen molar-refractivity contribution in [1.29, 1.82) is 0 Å². The minimum Gasteiger partial charge on any atom is -0.396 e. The highest BCUT2D eigenvalue weighted by Gasteiger charge is 2.25. The van der Waals surface area contributed by atoms with Gasteiger partial charge in [-0.25, -0.2) is 0 Å². The zero-order chi connectivity index (χ0) is 13.5. The number of benzene rings is 1. The van der Waals surface area contributed by atoms with Gasteiger partial charge >= 0.3 is 0 Å². The van der Waals surface area contributed by atoms with Crippen molar-refractivity contribution in [1.82, 2.24) is 5.32 Å². The first kappa shape index (κ1) is 14.5. The summed E-state index contributed by atoms with van der Waals surface area (Å²) in [6.07, 6.45) is 6.05. The summed E-state index contributed by atoms with van der Waals surface area (Å²) in [6.45, 7) is 4.52. The van der Waals surface area contributed by atoms with Crippen LogP contribution >= 0.6 is 0 Å². The number of aliphatic hydroxyl groups is 1. The summed E-state index contributed by atoms with van der Waals surface area (Å²) in [7, 11) is 0. The van der Waals surface area contributed by atoms with E-state index in [2.05, 4.69) is 36.5 Å². The molecule has 2 heteroatoms. The molecule has 1 saturated carbocycles. The molecule has 0 heterocycles. The van der Waals surface area contributed by atoms with Crippen molar-refractivity contribution < 1.29 is 5.11 Å². The van der Waals surface area contributed by atoms with Gasteiger partial charge in [-0.1, -0.05) is 37.6 Å². The molecule has 1 aromatic carbocycles. The van der Waals surface area contributed by atoms with Gasteiger partial charge in [-0.3, -0.25) is 0 Å². The highest BCUT2D eigenvalue weighted by Crippen LogP contribution is 2.41. The van der Waals surface area contributed by atoms with Crippen molar-refractivity contribution in [2.75, 3.05) is 13.2 Å². The molecule has 106 valence electrons. The lowest BCUT2D eigenvalue weighted by Gasteiger charge is -2.16. The topological polar surface area (TPSA) is 32.3 Å². The van der Waals surface area contributed by atoms with Crippen molar-refractivity contribution in [2.45, 2.75) is 51.5 Å². The van der Waals surface area contributed by atoms with Gasteiger partial charge in [-0.15, -0.1) is 0 Å². The molecule has 1 unspecified atom stereocenters. The van der Waals surface area contributed by atoms with Crippen molar-refractivity contribution in [3.63, 3.8) is 0 Å². The van der Waals surface area contributed by atoms with Crippen LogP contribution in [0.1, 0.15) is 56.1 Å². The van der Waals surface area contributed by atoms with Crippen LogP contribution in [0.25, 0.3) is 0 Å². The smallest absolute Gasteiger partial charge is 0.0434 e. The second kappa shape index (κ2) is 7.66. The van der Waals surface area contributed by atoms with Crippen molar-refractivity contribution in [3.8, 4) is 0 Å². The molecule has 1 aliphatic carbocycles. The lowest BCUT2D eigenvalue weighted by atomic mass is 9.99. The first-order valence-electron chi connectivity index (χ1n) is 7.74. The molecule has 2 nitrogen and oxygen atoms in total. The van der Waals surface area contributed by atoms with Crippen LogP contribution in [0.5, 0.6) is 0 Å². The van der Waals surface area contributed by atoms with E-state index < -0.39 is 0 Å². The SMILES string of the molecule is CCCC(CCO)CNCc1ccccc1C1CC1. The first-order chi connectivity index (χ1) is 9.35. The average Bonchev–Trinajstić information content (AvgIpc) is 3.24. The Morgan fingerprint density at radius 2 is 2.05 bits per heavy atom. The minimum absolute atomic E-state index is 0.311. The van der Waals surface area contributed by atoms with E-state index in [1.54, 1.807) is 5.56 Å². The molecule has 0 amide bonds. The molecule has 0 spiro atoms. The fourth-order valence-corrected chi connectivity index (χ4v) is 2.84. The van der Waals surface area contributed by atoms with E-state index in [1.807, 2.05) is 0 Å². The molecular weight excluding hydrogens is 234 g/mol. The van der Waals surface area contributed by atoms with Gasteiger partial charge in [-0.05, 0) is 55.2 Å². The van der Waals surface area contributed by atoms with Gasteiger partial charge in [0, 0.05) is 13.2 Å². The van der Waals surface area contributed by atoms with E-state index in [0.29, 0.717) is 12.5 Å². The molecule has 19 heavy (non-hydrogen) atoms. The van der Waals surface area contributed by atoms with E-state index in [0.717, 1.165) is 25.4 Å². The summed E-state index contributed by atoms with van der Waals surface area (Å²) < 4.78 is 0. The van der Waals surface area contributed by atoms with Crippen LogP contribution in [0, 0.1) is 5.92 Å². The molecule has 0 saturated heterocycles. The number of aliphatic hydroxyl groups excluding tert-OH is 1. The van der Waals surface area contributed by atoms with Gasteiger partial charge in [-0.2, -0.15) is 0 Å². The van der Waals surface area contributed by atoms with Crippen LogP contribution < -0.4 is 5.32 Å². The average molecular weight is 261 g/mol. The third kappa shape index (κ3) is 4.63. The predicted molar refractivity (Wildman–Crippen MR) is 80.2 cm³/mol. The van der Waals surface area contributed by atoms with Gasteiger partial charge in [0.15, 0.2) is 0 Å². The van der Waals surface area contributed by atoms with Crippen LogP contribution in [0.2, 0.25) is 0 Å². The summed E-state index contributed by atoms with van der Waals surface area (Å²) in [5.41, 5.74) is 3.01. The molecule has 0 aromatic heterocycles. The summed E-state index contributed by atoms with van der Waals surface area (Å²) in [6, 6.07) is 8.83. The Kier molecular flexibility index (Phi) is 5.87. The maximum Gasteiger partial charge on any atom is 0.0434 e. The third-order valence-corrected chi connectivity index (χ3v) is 4.06. The normalized spacial score (nSPS) is 16.5. The lowest BCUT2D eigenvalue weighted by Crippen LogP contribution is -2.23. The van der Waals surface area contributed by atoms with E-state index >= 15 is 0 Å². The summed E-state index contributed by atoms with van der Waals surface area (Å²) in [4.78, 5) is 0. The van der Waals surface area contributed by atoms with Crippen molar-refractivity contribution >= 4 is 0 Å². The van der Waals surface area contributed by atoms with E-state index in [1.165, 1.54) is 31.2 Å².